The minimum absolute atomic E-state index is 0.122. The molecule has 0 saturated heterocycles. The van der Waals surface area contributed by atoms with E-state index in [1.807, 2.05) is 29.7 Å². The van der Waals surface area contributed by atoms with Crippen molar-refractivity contribution >= 4 is 75.1 Å². The fourth-order valence-corrected chi connectivity index (χ4v) is 10.6. The van der Waals surface area contributed by atoms with Crippen LogP contribution >= 0.6 is 11.3 Å². The van der Waals surface area contributed by atoms with E-state index in [0.29, 0.717) is 5.82 Å². The topological polar surface area (TPSA) is 43.6 Å². The molecule has 4 heterocycles. The number of aromatic nitrogens is 4. The molecule has 0 aliphatic heterocycles. The molecule has 7 aromatic carbocycles. The second kappa shape index (κ2) is 11.2. The zero-order valence-electron chi connectivity index (χ0n) is 30.2. The van der Waals surface area contributed by atoms with Gasteiger partial charge in [-0.15, -0.1) is 11.3 Å². The van der Waals surface area contributed by atoms with Crippen LogP contribution in [-0.4, -0.2) is 19.5 Å². The first-order valence-corrected chi connectivity index (χ1v) is 19.6. The van der Waals surface area contributed by atoms with Gasteiger partial charge in [0.05, 0.1) is 21.3 Å². The van der Waals surface area contributed by atoms with Crippen molar-refractivity contribution in [2.45, 2.75) is 19.3 Å². The van der Waals surface area contributed by atoms with Crippen LogP contribution in [0.15, 0.2) is 158 Å². The van der Waals surface area contributed by atoms with Gasteiger partial charge >= 0.3 is 0 Å². The summed E-state index contributed by atoms with van der Waals surface area (Å²) in [6.45, 7) is 4.64. The summed E-state index contributed by atoms with van der Waals surface area (Å²) in [5.74, 6) is 0.679. The maximum atomic E-state index is 5.35. The van der Waals surface area contributed by atoms with Crippen LogP contribution in [0.3, 0.4) is 0 Å². The van der Waals surface area contributed by atoms with Crippen molar-refractivity contribution < 1.29 is 0 Å². The molecule has 55 heavy (non-hydrogen) atoms. The van der Waals surface area contributed by atoms with Gasteiger partial charge in [0.15, 0.2) is 5.82 Å². The van der Waals surface area contributed by atoms with Gasteiger partial charge in [0.25, 0.3) is 0 Å². The highest BCUT2D eigenvalue weighted by atomic mass is 32.1. The lowest BCUT2D eigenvalue weighted by Gasteiger charge is -2.22. The molecule has 0 saturated carbocycles. The molecular weight excluding hydrogens is 689 g/mol. The van der Waals surface area contributed by atoms with Crippen molar-refractivity contribution in [1.29, 1.82) is 0 Å². The molecule has 4 aromatic heterocycles. The molecule has 0 atom stereocenters. The van der Waals surface area contributed by atoms with E-state index in [4.69, 9.17) is 15.0 Å². The highest BCUT2D eigenvalue weighted by molar-refractivity contribution is 7.27. The van der Waals surface area contributed by atoms with Crippen molar-refractivity contribution in [2.24, 2.45) is 0 Å². The third-order valence-corrected chi connectivity index (χ3v) is 13.0. The Labute approximate surface area is 321 Å². The summed E-state index contributed by atoms with van der Waals surface area (Å²) in [7, 11) is 0. The minimum Gasteiger partial charge on any atom is -0.308 e. The molecule has 0 spiro atoms. The number of nitrogens with zero attached hydrogens (tertiary/aromatic N) is 4. The van der Waals surface area contributed by atoms with Gasteiger partial charge in [-0.2, -0.15) is 0 Å². The lowest BCUT2D eigenvalue weighted by molar-refractivity contribution is 0.660. The highest BCUT2D eigenvalue weighted by Gasteiger charge is 2.35. The lowest BCUT2D eigenvalue weighted by atomic mass is 9.82. The number of hydrogen-bond acceptors (Lipinski definition) is 4. The molecule has 12 rings (SSSR count). The van der Waals surface area contributed by atoms with Gasteiger partial charge in [0.1, 0.15) is 11.2 Å². The standard InChI is InChI=1S/C50H32N4S/c1-50(2)38-20-8-5-15-32(38)33-25-24-29(28-39(33)50)45-46-40(21-12-26-51-46)52-49(53-45)30-13-11-14-31(27-30)54-41-22-9-6-18-36(41)43-34-16-3-4-17-35(34)44-37-19-7-10-23-42(37)55-48(44)47(43)54/h3-28H,1-2H3. The Morgan fingerprint density at radius 2 is 1.31 bits per heavy atom. The Morgan fingerprint density at radius 1 is 0.564 bits per heavy atom. The normalized spacial score (nSPS) is 13.4. The Morgan fingerprint density at radius 3 is 2.20 bits per heavy atom. The van der Waals surface area contributed by atoms with E-state index in [2.05, 4.69) is 158 Å². The predicted molar refractivity (Wildman–Crippen MR) is 231 cm³/mol. The second-order valence-electron chi connectivity index (χ2n) is 15.2. The van der Waals surface area contributed by atoms with Crippen molar-refractivity contribution in [3.8, 4) is 39.5 Å². The number of thiophene rings is 1. The quantitative estimate of drug-likeness (QED) is 0.182. The van der Waals surface area contributed by atoms with Gasteiger partial charge < -0.3 is 4.57 Å². The molecule has 1 aliphatic carbocycles. The summed E-state index contributed by atoms with van der Waals surface area (Å²) >= 11 is 1.88. The number of fused-ring (bicyclic) bond motifs is 14. The van der Waals surface area contributed by atoms with Gasteiger partial charge in [-0.3, -0.25) is 4.98 Å². The molecule has 4 nitrogen and oxygen atoms in total. The van der Waals surface area contributed by atoms with Crippen LogP contribution < -0.4 is 0 Å². The molecule has 258 valence electrons. The highest BCUT2D eigenvalue weighted by Crippen LogP contribution is 2.50. The zero-order valence-corrected chi connectivity index (χ0v) is 31.0. The van der Waals surface area contributed by atoms with E-state index in [1.165, 1.54) is 75.0 Å². The van der Waals surface area contributed by atoms with Gasteiger partial charge in [0.2, 0.25) is 0 Å². The number of rotatable bonds is 3. The zero-order chi connectivity index (χ0) is 36.4. The second-order valence-corrected chi connectivity index (χ2v) is 16.2. The number of para-hydroxylation sites is 1. The van der Waals surface area contributed by atoms with Crippen molar-refractivity contribution in [3.05, 3.63) is 169 Å². The first-order chi connectivity index (χ1) is 27.0. The van der Waals surface area contributed by atoms with Crippen molar-refractivity contribution in [3.63, 3.8) is 0 Å². The maximum Gasteiger partial charge on any atom is 0.160 e. The predicted octanol–water partition coefficient (Wildman–Crippen LogP) is 13.3. The van der Waals surface area contributed by atoms with Crippen LogP contribution in [-0.2, 0) is 5.41 Å². The van der Waals surface area contributed by atoms with Gasteiger partial charge in [0, 0.05) is 54.7 Å². The van der Waals surface area contributed by atoms with Crippen LogP contribution in [0.4, 0.5) is 0 Å². The molecule has 0 bridgehead atoms. The minimum atomic E-state index is -0.122. The lowest BCUT2D eigenvalue weighted by Crippen LogP contribution is -2.15. The Balaban J connectivity index is 1.10. The van der Waals surface area contributed by atoms with Gasteiger partial charge in [-0.25, -0.2) is 9.97 Å². The third kappa shape index (κ3) is 4.24. The summed E-state index contributed by atoms with van der Waals surface area (Å²) in [4.78, 5) is 15.3. The first kappa shape index (κ1) is 30.7. The van der Waals surface area contributed by atoms with Crippen LogP contribution in [0, 0.1) is 0 Å². The van der Waals surface area contributed by atoms with Crippen molar-refractivity contribution in [1.82, 2.24) is 19.5 Å². The van der Waals surface area contributed by atoms with Crippen molar-refractivity contribution in [2.75, 3.05) is 0 Å². The molecule has 11 aromatic rings. The molecule has 1 aliphatic rings. The molecule has 0 N–H and O–H groups in total. The summed E-state index contributed by atoms with van der Waals surface area (Å²) in [6, 6.07) is 54.8. The van der Waals surface area contributed by atoms with Crippen LogP contribution in [0.25, 0.3) is 103 Å². The summed E-state index contributed by atoms with van der Waals surface area (Å²) in [6.07, 6.45) is 1.84. The van der Waals surface area contributed by atoms with E-state index in [0.717, 1.165) is 33.5 Å². The average Bonchev–Trinajstić information content (AvgIpc) is 3.87. The molecule has 0 unspecified atom stereocenters. The molecule has 0 fully saturated rings. The van der Waals surface area contributed by atoms with Gasteiger partial charge in [-0.05, 0) is 75.5 Å². The van der Waals surface area contributed by atoms with E-state index in [-0.39, 0.29) is 5.41 Å². The molecule has 0 amide bonds. The largest absolute Gasteiger partial charge is 0.308 e. The summed E-state index contributed by atoms with van der Waals surface area (Å²) in [5, 5.41) is 7.72. The molecule has 5 heteroatoms. The third-order valence-electron chi connectivity index (χ3n) is 11.8. The van der Waals surface area contributed by atoms with E-state index in [9.17, 15) is 0 Å². The van der Waals surface area contributed by atoms with Crippen LogP contribution in [0.2, 0.25) is 0 Å². The fourth-order valence-electron chi connectivity index (χ4n) is 9.33. The number of benzene rings is 7. The summed E-state index contributed by atoms with van der Waals surface area (Å²) in [5.41, 5.74) is 13.1. The van der Waals surface area contributed by atoms with E-state index >= 15 is 0 Å². The van der Waals surface area contributed by atoms with E-state index < -0.39 is 0 Å². The Bertz CT molecular complexity index is 3420. The Kier molecular flexibility index (Phi) is 6.24. The monoisotopic (exact) mass is 720 g/mol. The molecular formula is C50H32N4S. The summed E-state index contributed by atoms with van der Waals surface area (Å²) < 4.78 is 5.06. The van der Waals surface area contributed by atoms with Crippen LogP contribution in [0.1, 0.15) is 25.0 Å². The SMILES string of the molecule is CC1(C)c2ccccc2-c2ccc(-c3nc(-c4cccc(-n5c6ccccc6c6c7ccccc7c7c8ccccc8sc7c65)c4)nc4cccnc34)cc21. The fraction of sp³-hybridized carbons (Fsp3) is 0.0600. The van der Waals surface area contributed by atoms with Gasteiger partial charge in [-0.1, -0.05) is 123 Å². The Hall–Kier alpha value is -6.69. The first-order valence-electron chi connectivity index (χ1n) is 18.8. The number of hydrogen-bond donors (Lipinski definition) is 0. The van der Waals surface area contributed by atoms with E-state index in [1.54, 1.807) is 0 Å². The van der Waals surface area contributed by atoms with Crippen LogP contribution in [0.5, 0.6) is 0 Å². The smallest absolute Gasteiger partial charge is 0.160 e. The number of pyridine rings is 1. The average molecular weight is 721 g/mol. The maximum absolute atomic E-state index is 5.35. The molecule has 0 radical (unpaired) electrons.